The summed E-state index contributed by atoms with van der Waals surface area (Å²) in [6.07, 6.45) is 0.563. The molecule has 3 heterocycles. The number of methoxy groups -OCH3 is 1. The fourth-order valence-corrected chi connectivity index (χ4v) is 5.90. The van der Waals surface area contributed by atoms with E-state index in [0.717, 1.165) is 30.3 Å². The van der Waals surface area contributed by atoms with Gasteiger partial charge in [-0.3, -0.25) is 9.59 Å². The topological polar surface area (TPSA) is 82.1 Å². The molecule has 0 saturated carbocycles. The first kappa shape index (κ1) is 28.3. The summed E-state index contributed by atoms with van der Waals surface area (Å²) in [7, 11) is 1.68. The number of nitrogens with zero attached hydrogens (tertiary/aromatic N) is 6. The number of carbonyl (C=O) groups is 2. The van der Waals surface area contributed by atoms with Crippen LogP contribution in [0.3, 0.4) is 0 Å². The van der Waals surface area contributed by atoms with Crippen molar-refractivity contribution < 1.29 is 14.3 Å². The molecule has 1 aromatic heterocycles. The van der Waals surface area contributed by atoms with Gasteiger partial charge >= 0.3 is 0 Å². The van der Waals surface area contributed by atoms with Gasteiger partial charge in [0.05, 0.1) is 18.6 Å². The summed E-state index contributed by atoms with van der Waals surface area (Å²) in [5.41, 5.74) is 1.05. The Balaban J connectivity index is 1.30. The monoisotopic (exact) mass is 560 g/mol. The average Bonchev–Trinajstić information content (AvgIpc) is 2.91. The Morgan fingerprint density at radius 3 is 2.45 bits per heavy atom. The molecule has 0 radical (unpaired) electrons. The van der Waals surface area contributed by atoms with E-state index in [1.54, 1.807) is 13.2 Å². The van der Waals surface area contributed by atoms with Gasteiger partial charge < -0.3 is 24.3 Å². The number of anilines is 2. The lowest BCUT2D eigenvalue weighted by Gasteiger charge is -2.40. The van der Waals surface area contributed by atoms with Gasteiger partial charge in [-0.25, -0.2) is 9.97 Å². The summed E-state index contributed by atoms with van der Waals surface area (Å²) in [5, 5.41) is 0.834. The molecule has 1 unspecified atom stereocenters. The lowest BCUT2D eigenvalue weighted by molar-refractivity contribution is -0.134. The molecule has 2 aromatic rings. The van der Waals surface area contributed by atoms with Crippen LogP contribution < -0.4 is 14.5 Å². The van der Waals surface area contributed by atoms with Gasteiger partial charge in [-0.1, -0.05) is 49.3 Å². The highest BCUT2D eigenvalue weighted by molar-refractivity contribution is 7.99. The first-order chi connectivity index (χ1) is 18.2. The van der Waals surface area contributed by atoms with Crippen LogP contribution in [0.15, 0.2) is 35.5 Å². The molecule has 4 rings (SSSR count). The van der Waals surface area contributed by atoms with E-state index in [1.807, 2.05) is 34.1 Å². The Hall–Kier alpha value is -2.72. The van der Waals surface area contributed by atoms with Gasteiger partial charge in [0.2, 0.25) is 11.8 Å². The molecular formula is C27H37ClN6O3S. The SMILES string of the molecule is COc1ccccc1N1CCN(C(=O)CSc2nc(Cl)cc(N3CCN(C(=O)CC(C)C)C(C)C3)n2)CC1. The van der Waals surface area contributed by atoms with Crippen molar-refractivity contribution >= 4 is 46.7 Å². The third kappa shape index (κ3) is 7.02. The third-order valence-corrected chi connectivity index (χ3v) is 7.92. The number of carbonyl (C=O) groups excluding carboxylic acids is 2. The molecule has 1 atom stereocenters. The number of halogens is 1. The summed E-state index contributed by atoms with van der Waals surface area (Å²) in [6, 6.07) is 9.79. The number of amides is 2. The maximum Gasteiger partial charge on any atom is 0.233 e. The van der Waals surface area contributed by atoms with Crippen LogP contribution in [-0.4, -0.2) is 96.3 Å². The van der Waals surface area contributed by atoms with E-state index < -0.39 is 0 Å². The molecule has 2 aliphatic heterocycles. The predicted molar refractivity (Wildman–Crippen MR) is 152 cm³/mol. The molecule has 0 bridgehead atoms. The molecule has 9 nitrogen and oxygen atoms in total. The molecule has 0 aliphatic carbocycles. The fourth-order valence-electron chi connectivity index (χ4n) is 4.92. The second-order valence-corrected chi connectivity index (χ2v) is 11.5. The molecule has 2 aliphatic rings. The maximum absolute atomic E-state index is 13.0. The highest BCUT2D eigenvalue weighted by Gasteiger charge is 2.29. The van der Waals surface area contributed by atoms with Crippen LogP contribution in [0.2, 0.25) is 5.15 Å². The zero-order valence-corrected chi connectivity index (χ0v) is 24.2. The van der Waals surface area contributed by atoms with Crippen molar-refractivity contribution in [2.24, 2.45) is 5.92 Å². The van der Waals surface area contributed by atoms with Gasteiger partial charge in [0.1, 0.15) is 16.7 Å². The second-order valence-electron chi connectivity index (χ2n) is 10.1. The zero-order valence-electron chi connectivity index (χ0n) is 22.6. The Labute approximate surface area is 234 Å². The number of ether oxygens (including phenoxy) is 1. The number of rotatable bonds is 8. The molecule has 2 saturated heterocycles. The smallest absolute Gasteiger partial charge is 0.233 e. The zero-order chi connectivity index (χ0) is 27.2. The molecular weight excluding hydrogens is 524 g/mol. The summed E-state index contributed by atoms with van der Waals surface area (Å²) < 4.78 is 5.49. The maximum atomic E-state index is 13.0. The quantitative estimate of drug-likeness (QED) is 0.275. The molecule has 2 fully saturated rings. The second kappa shape index (κ2) is 12.9. The van der Waals surface area contributed by atoms with Crippen molar-refractivity contribution in [1.82, 2.24) is 19.8 Å². The Morgan fingerprint density at radius 1 is 1.05 bits per heavy atom. The van der Waals surface area contributed by atoms with Crippen LogP contribution in [0.25, 0.3) is 0 Å². The van der Waals surface area contributed by atoms with Crippen molar-refractivity contribution in [3.63, 3.8) is 0 Å². The van der Waals surface area contributed by atoms with E-state index in [9.17, 15) is 9.59 Å². The Bertz CT molecular complexity index is 1130. The van der Waals surface area contributed by atoms with Crippen molar-refractivity contribution in [1.29, 1.82) is 0 Å². The molecule has 2 amide bonds. The summed E-state index contributed by atoms with van der Waals surface area (Å²) >= 11 is 7.65. The summed E-state index contributed by atoms with van der Waals surface area (Å²) in [6.45, 7) is 11.0. The minimum absolute atomic E-state index is 0.0608. The van der Waals surface area contributed by atoms with E-state index in [0.29, 0.717) is 55.4 Å². The lowest BCUT2D eigenvalue weighted by Crippen LogP contribution is -2.54. The molecule has 38 heavy (non-hydrogen) atoms. The summed E-state index contributed by atoms with van der Waals surface area (Å²) in [4.78, 5) is 42.8. The molecule has 0 N–H and O–H groups in total. The van der Waals surface area contributed by atoms with Gasteiger partial charge in [-0.2, -0.15) is 0 Å². The van der Waals surface area contributed by atoms with Crippen LogP contribution in [-0.2, 0) is 9.59 Å². The average molecular weight is 561 g/mol. The fraction of sp³-hybridized carbons (Fsp3) is 0.556. The van der Waals surface area contributed by atoms with Crippen LogP contribution >= 0.6 is 23.4 Å². The first-order valence-electron chi connectivity index (χ1n) is 13.1. The number of thioether (sulfide) groups is 1. The van der Waals surface area contributed by atoms with E-state index in [-0.39, 0.29) is 23.6 Å². The highest BCUT2D eigenvalue weighted by atomic mass is 35.5. The normalized spacial score (nSPS) is 18.2. The van der Waals surface area contributed by atoms with Crippen LogP contribution in [0.1, 0.15) is 27.2 Å². The highest BCUT2D eigenvalue weighted by Crippen LogP contribution is 2.29. The number of hydrogen-bond acceptors (Lipinski definition) is 8. The third-order valence-electron chi connectivity index (χ3n) is 6.90. The van der Waals surface area contributed by atoms with Crippen LogP contribution in [0.4, 0.5) is 11.5 Å². The number of aromatic nitrogens is 2. The number of hydrogen-bond donors (Lipinski definition) is 0. The molecule has 0 spiro atoms. The van der Waals surface area contributed by atoms with Gasteiger partial charge in [-0.05, 0) is 25.0 Å². The Kier molecular flexibility index (Phi) is 9.59. The molecule has 1 aromatic carbocycles. The predicted octanol–water partition coefficient (Wildman–Crippen LogP) is 3.66. The Morgan fingerprint density at radius 2 is 1.76 bits per heavy atom. The minimum Gasteiger partial charge on any atom is -0.495 e. The van der Waals surface area contributed by atoms with Crippen molar-refractivity contribution in [2.45, 2.75) is 38.4 Å². The van der Waals surface area contributed by atoms with Gasteiger partial charge in [0.15, 0.2) is 5.16 Å². The van der Waals surface area contributed by atoms with E-state index in [1.165, 1.54) is 11.8 Å². The van der Waals surface area contributed by atoms with Crippen molar-refractivity contribution in [2.75, 3.05) is 68.5 Å². The summed E-state index contributed by atoms with van der Waals surface area (Å²) in [5.74, 6) is 2.43. The number of piperazine rings is 2. The van der Waals surface area contributed by atoms with Crippen LogP contribution in [0, 0.1) is 5.92 Å². The van der Waals surface area contributed by atoms with Crippen LogP contribution in [0.5, 0.6) is 5.75 Å². The first-order valence-corrected chi connectivity index (χ1v) is 14.5. The van der Waals surface area contributed by atoms with Gasteiger partial charge in [-0.15, -0.1) is 0 Å². The molecule has 206 valence electrons. The van der Waals surface area contributed by atoms with Crippen molar-refractivity contribution in [3.8, 4) is 5.75 Å². The standard InChI is InChI=1S/C27H37ClN6O3S/c1-19(2)15-25(35)34-14-13-33(17-20(34)3)24-16-23(28)29-27(30-24)38-18-26(36)32-11-9-31(10-12-32)21-7-5-6-8-22(21)37-4/h5-8,16,19-20H,9-15,17-18H2,1-4H3. The van der Waals surface area contributed by atoms with E-state index >= 15 is 0 Å². The number of para-hydroxylation sites is 2. The van der Waals surface area contributed by atoms with Crippen molar-refractivity contribution in [3.05, 3.63) is 35.5 Å². The lowest BCUT2D eigenvalue weighted by atomic mass is 10.1. The largest absolute Gasteiger partial charge is 0.495 e. The van der Waals surface area contributed by atoms with E-state index in [4.69, 9.17) is 21.3 Å². The van der Waals surface area contributed by atoms with Gasteiger partial charge in [0.25, 0.3) is 0 Å². The van der Waals surface area contributed by atoms with E-state index in [2.05, 4.69) is 35.6 Å². The number of benzene rings is 1. The molecule has 11 heteroatoms. The van der Waals surface area contributed by atoms with Gasteiger partial charge in [0, 0.05) is 64.3 Å². The minimum atomic E-state index is 0.0608.